The van der Waals surface area contributed by atoms with Crippen molar-refractivity contribution in [3.8, 4) is 17.1 Å². The van der Waals surface area contributed by atoms with Crippen LogP contribution in [-0.4, -0.2) is 28.6 Å². The predicted octanol–water partition coefficient (Wildman–Crippen LogP) is 6.22. The predicted molar refractivity (Wildman–Crippen MR) is 128 cm³/mol. The van der Waals surface area contributed by atoms with E-state index in [1.54, 1.807) is 24.5 Å². The summed E-state index contributed by atoms with van der Waals surface area (Å²) in [5, 5.41) is 2.07. The lowest BCUT2D eigenvalue weighted by molar-refractivity contribution is 0.102. The second-order valence-electron chi connectivity index (χ2n) is 7.55. The van der Waals surface area contributed by atoms with Gasteiger partial charge in [0.05, 0.1) is 12.9 Å². The number of hydrogen-bond acceptors (Lipinski definition) is 6. The first-order valence-electron chi connectivity index (χ1n) is 10.4. The Hall–Kier alpha value is -2.70. The second-order valence-corrected chi connectivity index (χ2v) is 9.60. The Morgan fingerprint density at radius 1 is 1.06 bits per heavy atom. The molecule has 0 atom stereocenters. The van der Waals surface area contributed by atoms with Crippen molar-refractivity contribution in [2.75, 3.05) is 12.9 Å². The summed E-state index contributed by atoms with van der Waals surface area (Å²) in [6.45, 7) is 0. The number of Topliss-reactive ketones (excluding diaryl/α,β-unsaturated/α-hetero) is 1. The molecular weight excluding hydrogens is 424 g/mol. The van der Waals surface area contributed by atoms with E-state index in [9.17, 15) is 4.79 Å². The molecule has 0 unspecified atom stereocenters. The monoisotopic (exact) mass is 446 g/mol. The smallest absolute Gasteiger partial charge is 0.173 e. The third kappa shape index (κ3) is 4.10. The molecule has 2 heterocycles. The topological polar surface area (TPSA) is 52.1 Å². The van der Waals surface area contributed by atoms with Crippen molar-refractivity contribution < 1.29 is 9.53 Å². The highest BCUT2D eigenvalue weighted by atomic mass is 32.2. The van der Waals surface area contributed by atoms with E-state index in [2.05, 4.69) is 0 Å². The maximum Gasteiger partial charge on any atom is 0.173 e. The van der Waals surface area contributed by atoms with E-state index in [0.29, 0.717) is 17.1 Å². The summed E-state index contributed by atoms with van der Waals surface area (Å²) in [5.41, 5.74) is 3.05. The fourth-order valence-electron chi connectivity index (χ4n) is 3.96. The van der Waals surface area contributed by atoms with Crippen LogP contribution in [0.1, 0.15) is 33.6 Å². The average molecular weight is 447 g/mol. The number of thiophene rings is 1. The van der Waals surface area contributed by atoms with Gasteiger partial charge in [-0.05, 0) is 43.4 Å². The molecule has 4 aromatic rings. The Balaban J connectivity index is 1.52. The number of carbonyl (C=O) groups is 1. The van der Waals surface area contributed by atoms with Crippen molar-refractivity contribution >= 4 is 39.1 Å². The van der Waals surface area contributed by atoms with Gasteiger partial charge in [0.1, 0.15) is 15.6 Å². The summed E-state index contributed by atoms with van der Waals surface area (Å²) in [6, 6.07) is 17.4. The number of aryl methyl sites for hydroxylation is 2. The summed E-state index contributed by atoms with van der Waals surface area (Å²) in [7, 11) is 1.61. The van der Waals surface area contributed by atoms with E-state index in [4.69, 9.17) is 14.7 Å². The minimum Gasteiger partial charge on any atom is -0.497 e. The molecule has 4 nitrogen and oxygen atoms in total. The van der Waals surface area contributed by atoms with Crippen LogP contribution in [0.5, 0.6) is 5.75 Å². The van der Waals surface area contributed by atoms with Crippen molar-refractivity contribution in [1.82, 2.24) is 9.97 Å². The molecule has 2 aromatic heterocycles. The zero-order chi connectivity index (χ0) is 21.2. The third-order valence-electron chi connectivity index (χ3n) is 5.55. The molecule has 31 heavy (non-hydrogen) atoms. The molecule has 6 heteroatoms. The summed E-state index contributed by atoms with van der Waals surface area (Å²) in [6.07, 6.45) is 4.62. The van der Waals surface area contributed by atoms with Crippen LogP contribution in [0.15, 0.2) is 59.6 Å². The van der Waals surface area contributed by atoms with Gasteiger partial charge in [0, 0.05) is 21.4 Å². The zero-order valence-corrected chi connectivity index (χ0v) is 18.9. The molecule has 0 saturated carbocycles. The molecule has 1 aliphatic rings. The van der Waals surface area contributed by atoms with E-state index in [1.165, 1.54) is 35.0 Å². The summed E-state index contributed by atoms with van der Waals surface area (Å²) in [4.78, 5) is 25.2. The van der Waals surface area contributed by atoms with Gasteiger partial charge in [-0.3, -0.25) is 4.79 Å². The molecule has 0 bridgehead atoms. The van der Waals surface area contributed by atoms with Crippen LogP contribution in [0.2, 0.25) is 0 Å². The standard InChI is InChI=1S/C25H22N2O2S2/c1-29-18-11-7-10-17(14-18)20(28)15-30-24-22-19-12-5-6-13-21(19)31-25(22)27-23(26-24)16-8-3-2-4-9-16/h2-4,7-11,14H,5-6,12-13,15H2,1H3. The Morgan fingerprint density at radius 2 is 1.90 bits per heavy atom. The third-order valence-corrected chi connectivity index (χ3v) is 7.71. The van der Waals surface area contributed by atoms with Crippen LogP contribution in [0, 0.1) is 0 Å². The van der Waals surface area contributed by atoms with Gasteiger partial charge in [-0.25, -0.2) is 9.97 Å². The van der Waals surface area contributed by atoms with Crippen LogP contribution in [0.25, 0.3) is 21.6 Å². The number of ether oxygens (including phenoxy) is 1. The fraction of sp³-hybridized carbons (Fsp3) is 0.240. The maximum atomic E-state index is 12.9. The number of thioether (sulfide) groups is 1. The van der Waals surface area contributed by atoms with Crippen LogP contribution in [0.3, 0.4) is 0 Å². The SMILES string of the molecule is COc1cccc(C(=O)CSc2nc(-c3ccccc3)nc3sc4c(c23)CCCC4)c1. The van der Waals surface area contributed by atoms with Gasteiger partial charge in [-0.15, -0.1) is 11.3 Å². The number of benzene rings is 2. The molecule has 156 valence electrons. The van der Waals surface area contributed by atoms with Gasteiger partial charge in [0.25, 0.3) is 0 Å². The Kier molecular flexibility index (Phi) is 5.74. The molecular formula is C25H22N2O2S2. The molecule has 0 radical (unpaired) electrons. The summed E-state index contributed by atoms with van der Waals surface area (Å²) >= 11 is 3.31. The highest BCUT2D eigenvalue weighted by molar-refractivity contribution is 8.00. The van der Waals surface area contributed by atoms with Crippen LogP contribution < -0.4 is 4.74 Å². The first-order chi connectivity index (χ1) is 15.2. The Morgan fingerprint density at radius 3 is 2.74 bits per heavy atom. The van der Waals surface area contributed by atoms with E-state index in [-0.39, 0.29) is 5.78 Å². The number of aromatic nitrogens is 2. The van der Waals surface area contributed by atoms with Crippen molar-refractivity contribution in [2.45, 2.75) is 30.7 Å². The molecule has 0 saturated heterocycles. The second kappa shape index (κ2) is 8.81. The highest BCUT2D eigenvalue weighted by Gasteiger charge is 2.22. The number of methoxy groups -OCH3 is 1. The molecule has 2 aromatic carbocycles. The van der Waals surface area contributed by atoms with Gasteiger partial charge >= 0.3 is 0 Å². The molecule has 0 N–H and O–H groups in total. The Labute approximate surface area is 189 Å². The zero-order valence-electron chi connectivity index (χ0n) is 17.3. The van der Waals surface area contributed by atoms with Crippen molar-refractivity contribution in [1.29, 1.82) is 0 Å². The molecule has 0 aliphatic heterocycles. The first kappa shape index (κ1) is 20.2. The van der Waals surface area contributed by atoms with E-state index in [0.717, 1.165) is 39.5 Å². The van der Waals surface area contributed by atoms with Crippen molar-refractivity contribution in [3.05, 3.63) is 70.6 Å². The lowest BCUT2D eigenvalue weighted by atomic mass is 9.97. The molecule has 0 amide bonds. The number of ketones is 1. The number of carbonyl (C=O) groups excluding carboxylic acids is 1. The summed E-state index contributed by atoms with van der Waals surface area (Å²) < 4.78 is 5.26. The fourth-order valence-corrected chi connectivity index (χ4v) is 6.23. The molecule has 0 spiro atoms. The molecule has 5 rings (SSSR count). The van der Waals surface area contributed by atoms with Crippen molar-refractivity contribution in [2.24, 2.45) is 0 Å². The normalized spacial score (nSPS) is 13.2. The van der Waals surface area contributed by atoms with E-state index < -0.39 is 0 Å². The number of nitrogens with zero attached hydrogens (tertiary/aromatic N) is 2. The minimum absolute atomic E-state index is 0.0704. The van der Waals surface area contributed by atoms with Crippen molar-refractivity contribution in [3.63, 3.8) is 0 Å². The first-order valence-corrected chi connectivity index (χ1v) is 12.2. The van der Waals surface area contributed by atoms with E-state index >= 15 is 0 Å². The van der Waals surface area contributed by atoms with Gasteiger partial charge in [0.15, 0.2) is 11.6 Å². The van der Waals surface area contributed by atoms with Gasteiger partial charge in [-0.2, -0.15) is 0 Å². The van der Waals surface area contributed by atoms with Gasteiger partial charge in [0.2, 0.25) is 0 Å². The highest BCUT2D eigenvalue weighted by Crippen LogP contribution is 2.40. The van der Waals surface area contributed by atoms with Gasteiger partial charge in [-0.1, -0.05) is 54.2 Å². The lowest BCUT2D eigenvalue weighted by Gasteiger charge is -2.12. The largest absolute Gasteiger partial charge is 0.497 e. The Bertz CT molecular complexity index is 1250. The minimum atomic E-state index is 0.0704. The summed E-state index contributed by atoms with van der Waals surface area (Å²) in [5.74, 6) is 1.82. The van der Waals surface area contributed by atoms with E-state index in [1.807, 2.05) is 48.5 Å². The number of rotatable bonds is 6. The van der Waals surface area contributed by atoms with Crippen LogP contribution >= 0.6 is 23.1 Å². The number of hydrogen-bond donors (Lipinski definition) is 0. The van der Waals surface area contributed by atoms with Crippen LogP contribution in [0.4, 0.5) is 0 Å². The maximum absolute atomic E-state index is 12.9. The molecule has 1 aliphatic carbocycles. The number of fused-ring (bicyclic) bond motifs is 3. The average Bonchev–Trinajstić information content (AvgIpc) is 3.21. The lowest BCUT2D eigenvalue weighted by Crippen LogP contribution is -2.04. The van der Waals surface area contributed by atoms with Gasteiger partial charge < -0.3 is 4.74 Å². The van der Waals surface area contributed by atoms with Crippen LogP contribution in [-0.2, 0) is 12.8 Å². The molecule has 0 fully saturated rings. The quantitative estimate of drug-likeness (QED) is 0.200.